The van der Waals surface area contributed by atoms with Gasteiger partial charge in [0.1, 0.15) is 0 Å². The summed E-state index contributed by atoms with van der Waals surface area (Å²) in [5, 5.41) is 2.86. The lowest BCUT2D eigenvalue weighted by atomic mass is 10.2. The number of halogens is 3. The van der Waals surface area contributed by atoms with Crippen LogP contribution < -0.4 is 10.2 Å². The molecule has 5 nitrogen and oxygen atoms in total. The minimum Gasteiger partial charge on any atom is -0.378 e. The Morgan fingerprint density at radius 1 is 0.926 bits per heavy atom. The smallest absolute Gasteiger partial charge is 0.378 e. The molecule has 3 aromatic rings. The van der Waals surface area contributed by atoms with Crippen LogP contribution in [0.2, 0.25) is 0 Å². The number of ether oxygens (including phenoxy) is 1. The molecule has 0 unspecified atom stereocenters. The Morgan fingerprint density at radius 3 is 2.33 bits per heavy atom. The van der Waals surface area contributed by atoms with Crippen molar-refractivity contribution in [3.05, 3.63) is 54.2 Å². The maximum absolute atomic E-state index is 13.4. The second kappa shape index (κ2) is 7.03. The molecule has 0 bridgehead atoms. The molecule has 2 aromatic carbocycles. The molecule has 1 aliphatic rings. The monoisotopic (exact) mass is 374 g/mol. The fourth-order valence-electron chi connectivity index (χ4n) is 3.05. The van der Waals surface area contributed by atoms with Crippen LogP contribution in [0.1, 0.15) is 5.69 Å². The number of nitrogens with zero attached hydrogens (tertiary/aromatic N) is 3. The number of alkyl halides is 3. The van der Waals surface area contributed by atoms with Gasteiger partial charge in [-0.25, -0.2) is 9.97 Å². The molecule has 0 radical (unpaired) electrons. The molecule has 8 heteroatoms. The summed E-state index contributed by atoms with van der Waals surface area (Å²) >= 11 is 0. The van der Waals surface area contributed by atoms with E-state index < -0.39 is 11.9 Å². The largest absolute Gasteiger partial charge is 0.434 e. The third-order valence-electron chi connectivity index (χ3n) is 4.37. The normalized spacial score (nSPS) is 15.1. The first kappa shape index (κ1) is 17.5. The van der Waals surface area contributed by atoms with Crippen molar-refractivity contribution in [1.29, 1.82) is 0 Å². The molecule has 2 heterocycles. The van der Waals surface area contributed by atoms with E-state index in [0.29, 0.717) is 18.9 Å². The predicted molar refractivity (Wildman–Crippen MR) is 97.3 cm³/mol. The van der Waals surface area contributed by atoms with Gasteiger partial charge in [0, 0.05) is 29.9 Å². The van der Waals surface area contributed by atoms with Crippen LogP contribution in [0.15, 0.2) is 48.5 Å². The summed E-state index contributed by atoms with van der Waals surface area (Å²) in [7, 11) is 0. The molecular formula is C19H17F3N4O. The zero-order valence-electron chi connectivity index (χ0n) is 14.3. The van der Waals surface area contributed by atoms with Crippen LogP contribution in [0.5, 0.6) is 0 Å². The number of fused-ring (bicyclic) bond motifs is 1. The van der Waals surface area contributed by atoms with Crippen molar-refractivity contribution in [3.8, 4) is 0 Å². The van der Waals surface area contributed by atoms with Crippen molar-refractivity contribution < 1.29 is 17.9 Å². The zero-order valence-corrected chi connectivity index (χ0v) is 14.3. The Kier molecular flexibility index (Phi) is 4.57. The fourth-order valence-corrected chi connectivity index (χ4v) is 3.05. The van der Waals surface area contributed by atoms with Gasteiger partial charge < -0.3 is 15.0 Å². The van der Waals surface area contributed by atoms with E-state index in [1.54, 1.807) is 30.3 Å². The second-order valence-corrected chi connectivity index (χ2v) is 6.18. The van der Waals surface area contributed by atoms with Crippen LogP contribution in [0.25, 0.3) is 10.9 Å². The van der Waals surface area contributed by atoms with Crippen molar-refractivity contribution in [3.63, 3.8) is 0 Å². The summed E-state index contributed by atoms with van der Waals surface area (Å²) in [6, 6.07) is 13.5. The van der Waals surface area contributed by atoms with E-state index in [9.17, 15) is 13.2 Å². The number of nitrogens with one attached hydrogen (secondary N) is 1. The highest BCUT2D eigenvalue weighted by Crippen LogP contribution is 2.34. The molecule has 0 spiro atoms. The first-order valence-electron chi connectivity index (χ1n) is 8.54. The summed E-state index contributed by atoms with van der Waals surface area (Å²) in [4.78, 5) is 10.1. The Bertz CT molecular complexity index is 938. The highest BCUT2D eigenvalue weighted by atomic mass is 19.4. The molecule has 0 aliphatic carbocycles. The van der Waals surface area contributed by atoms with Gasteiger partial charge in [0.2, 0.25) is 5.95 Å². The topological polar surface area (TPSA) is 50.3 Å². The lowest BCUT2D eigenvalue weighted by Crippen LogP contribution is -2.36. The van der Waals surface area contributed by atoms with Crippen molar-refractivity contribution in [2.24, 2.45) is 0 Å². The Labute approximate surface area is 153 Å². The van der Waals surface area contributed by atoms with Gasteiger partial charge in [-0.1, -0.05) is 18.2 Å². The van der Waals surface area contributed by atoms with Gasteiger partial charge in [-0.2, -0.15) is 13.2 Å². The number of hydrogen-bond donors (Lipinski definition) is 1. The summed E-state index contributed by atoms with van der Waals surface area (Å²) in [6.07, 6.45) is -4.56. The van der Waals surface area contributed by atoms with Gasteiger partial charge in [-0.05, 0) is 30.3 Å². The SMILES string of the molecule is FC(F)(F)c1nc(Nc2ccc(N3CCOCC3)cc2)nc2ccccc12. The third kappa shape index (κ3) is 3.80. The highest BCUT2D eigenvalue weighted by molar-refractivity contribution is 5.82. The van der Waals surface area contributed by atoms with E-state index in [1.165, 1.54) is 6.07 Å². The first-order valence-corrected chi connectivity index (χ1v) is 8.54. The van der Waals surface area contributed by atoms with Gasteiger partial charge in [0.05, 0.1) is 18.7 Å². The van der Waals surface area contributed by atoms with E-state index in [2.05, 4.69) is 20.2 Å². The molecule has 0 saturated carbocycles. The standard InChI is InChI=1S/C19H17F3N4O/c20-19(21,22)17-15-3-1-2-4-16(15)24-18(25-17)23-13-5-7-14(8-6-13)26-9-11-27-12-10-26/h1-8H,9-12H2,(H,23,24,25). The number of benzene rings is 2. The van der Waals surface area contributed by atoms with Crippen molar-refractivity contribution >= 4 is 28.2 Å². The van der Waals surface area contributed by atoms with Gasteiger partial charge >= 0.3 is 6.18 Å². The summed E-state index contributed by atoms with van der Waals surface area (Å²) in [6.45, 7) is 3.00. The van der Waals surface area contributed by atoms with Crippen LogP contribution in [0, 0.1) is 0 Å². The van der Waals surface area contributed by atoms with Gasteiger partial charge in [0.25, 0.3) is 0 Å². The number of para-hydroxylation sites is 1. The number of rotatable bonds is 3. The average Bonchev–Trinajstić information content (AvgIpc) is 2.68. The molecule has 1 aromatic heterocycles. The minimum absolute atomic E-state index is 0.0155. The van der Waals surface area contributed by atoms with Gasteiger partial charge in [0.15, 0.2) is 5.69 Å². The molecule has 27 heavy (non-hydrogen) atoms. The second-order valence-electron chi connectivity index (χ2n) is 6.18. The molecule has 1 saturated heterocycles. The molecule has 0 amide bonds. The third-order valence-corrected chi connectivity index (χ3v) is 4.37. The minimum atomic E-state index is -4.56. The zero-order chi connectivity index (χ0) is 18.9. The number of anilines is 3. The van der Waals surface area contributed by atoms with Crippen LogP contribution in [-0.2, 0) is 10.9 Å². The van der Waals surface area contributed by atoms with E-state index >= 15 is 0 Å². The van der Waals surface area contributed by atoms with E-state index in [4.69, 9.17) is 4.74 Å². The maximum Gasteiger partial charge on any atom is 0.434 e. The molecule has 0 atom stereocenters. The molecule has 4 rings (SSSR count). The highest BCUT2D eigenvalue weighted by Gasteiger charge is 2.35. The number of morpholine rings is 1. The summed E-state index contributed by atoms with van der Waals surface area (Å²) in [5.41, 5.74) is 0.961. The van der Waals surface area contributed by atoms with Crippen LogP contribution >= 0.6 is 0 Å². The van der Waals surface area contributed by atoms with Gasteiger partial charge in [-0.3, -0.25) is 0 Å². The van der Waals surface area contributed by atoms with Crippen molar-refractivity contribution in [2.75, 3.05) is 36.5 Å². The van der Waals surface area contributed by atoms with Crippen molar-refractivity contribution in [2.45, 2.75) is 6.18 Å². The molecule has 1 aliphatic heterocycles. The maximum atomic E-state index is 13.4. The molecular weight excluding hydrogens is 357 g/mol. The van der Waals surface area contributed by atoms with Gasteiger partial charge in [-0.15, -0.1) is 0 Å². The van der Waals surface area contributed by atoms with E-state index in [1.807, 2.05) is 12.1 Å². The Morgan fingerprint density at radius 2 is 1.63 bits per heavy atom. The first-order chi connectivity index (χ1) is 13.0. The number of aromatic nitrogens is 2. The molecule has 140 valence electrons. The van der Waals surface area contributed by atoms with E-state index in [0.717, 1.165) is 18.8 Å². The predicted octanol–water partition coefficient (Wildman–Crippen LogP) is 4.23. The number of hydrogen-bond acceptors (Lipinski definition) is 5. The summed E-state index contributed by atoms with van der Waals surface area (Å²) in [5.74, 6) is -0.0832. The lowest BCUT2D eigenvalue weighted by molar-refractivity contribution is -0.139. The Hall–Kier alpha value is -2.87. The van der Waals surface area contributed by atoms with Crippen LogP contribution in [0.3, 0.4) is 0 Å². The fraction of sp³-hybridized carbons (Fsp3) is 0.263. The van der Waals surface area contributed by atoms with Crippen LogP contribution in [0.4, 0.5) is 30.5 Å². The molecule has 1 fully saturated rings. The molecule has 1 N–H and O–H groups in total. The van der Waals surface area contributed by atoms with E-state index in [-0.39, 0.29) is 16.9 Å². The average molecular weight is 374 g/mol. The summed E-state index contributed by atoms with van der Waals surface area (Å²) < 4.78 is 45.4. The van der Waals surface area contributed by atoms with Crippen LogP contribution in [-0.4, -0.2) is 36.3 Å². The quantitative estimate of drug-likeness (QED) is 0.744. The lowest BCUT2D eigenvalue weighted by Gasteiger charge is -2.28. The van der Waals surface area contributed by atoms with Crippen molar-refractivity contribution in [1.82, 2.24) is 9.97 Å². The Balaban J connectivity index is 1.61.